The summed E-state index contributed by atoms with van der Waals surface area (Å²) < 4.78 is 11.8. The molecule has 0 amide bonds. The largest absolute Gasteiger partial charge is 0.394 e. The molecule has 2 saturated carbocycles. The monoisotopic (exact) mass is 242 g/mol. The maximum Gasteiger partial charge on any atom is 0.0788 e. The lowest BCUT2D eigenvalue weighted by molar-refractivity contribution is -0.130. The van der Waals surface area contributed by atoms with Crippen LogP contribution in [0.4, 0.5) is 0 Å². The van der Waals surface area contributed by atoms with Gasteiger partial charge in [0.2, 0.25) is 0 Å². The Morgan fingerprint density at radius 2 is 1.82 bits per heavy atom. The van der Waals surface area contributed by atoms with Crippen LogP contribution < -0.4 is 0 Å². The van der Waals surface area contributed by atoms with Gasteiger partial charge in [-0.1, -0.05) is 12.8 Å². The number of aliphatic hydroxyl groups excluding tert-OH is 1. The van der Waals surface area contributed by atoms with Crippen molar-refractivity contribution in [1.29, 1.82) is 0 Å². The van der Waals surface area contributed by atoms with Gasteiger partial charge < -0.3 is 14.6 Å². The molecule has 0 aromatic heterocycles. The van der Waals surface area contributed by atoms with Crippen molar-refractivity contribution in [3.8, 4) is 0 Å². The molecule has 2 fully saturated rings. The van der Waals surface area contributed by atoms with Crippen LogP contribution in [0.2, 0.25) is 0 Å². The van der Waals surface area contributed by atoms with Crippen LogP contribution >= 0.6 is 0 Å². The van der Waals surface area contributed by atoms with Crippen molar-refractivity contribution in [2.75, 3.05) is 13.2 Å². The van der Waals surface area contributed by atoms with Crippen LogP contribution in [0.25, 0.3) is 0 Å². The van der Waals surface area contributed by atoms with E-state index in [2.05, 4.69) is 6.92 Å². The zero-order valence-corrected chi connectivity index (χ0v) is 11.2. The van der Waals surface area contributed by atoms with E-state index < -0.39 is 0 Å². The minimum Gasteiger partial charge on any atom is -0.394 e. The maximum atomic E-state index is 8.91. The summed E-state index contributed by atoms with van der Waals surface area (Å²) in [6.07, 6.45) is 7.86. The smallest absolute Gasteiger partial charge is 0.0788 e. The Balaban J connectivity index is 1.77. The van der Waals surface area contributed by atoms with Crippen LogP contribution in [0, 0.1) is 5.92 Å². The van der Waals surface area contributed by atoms with Crippen molar-refractivity contribution in [2.24, 2.45) is 5.92 Å². The fourth-order valence-electron chi connectivity index (χ4n) is 2.99. The van der Waals surface area contributed by atoms with Crippen LogP contribution in [0.5, 0.6) is 0 Å². The highest BCUT2D eigenvalue weighted by Crippen LogP contribution is 2.51. The molecule has 17 heavy (non-hydrogen) atoms. The van der Waals surface area contributed by atoms with E-state index in [0.717, 1.165) is 5.92 Å². The van der Waals surface area contributed by atoms with Gasteiger partial charge in [-0.3, -0.25) is 0 Å². The van der Waals surface area contributed by atoms with E-state index in [1.165, 1.54) is 38.5 Å². The van der Waals surface area contributed by atoms with Crippen molar-refractivity contribution in [1.82, 2.24) is 0 Å². The minimum absolute atomic E-state index is 0.0819. The molecule has 2 aliphatic rings. The highest BCUT2D eigenvalue weighted by molar-refractivity contribution is 4.99. The van der Waals surface area contributed by atoms with Crippen LogP contribution in [-0.4, -0.2) is 36.1 Å². The van der Waals surface area contributed by atoms with Crippen LogP contribution in [0.15, 0.2) is 0 Å². The third-order valence-electron chi connectivity index (χ3n) is 4.08. The van der Waals surface area contributed by atoms with Gasteiger partial charge >= 0.3 is 0 Å². The summed E-state index contributed by atoms with van der Waals surface area (Å²) in [6.45, 7) is 4.65. The average molecular weight is 242 g/mol. The summed E-state index contributed by atoms with van der Waals surface area (Å²) in [5.74, 6) is 0.808. The van der Waals surface area contributed by atoms with E-state index in [9.17, 15) is 0 Å². The lowest BCUT2D eigenvalue weighted by Crippen LogP contribution is -2.37. The van der Waals surface area contributed by atoms with E-state index in [-0.39, 0.29) is 24.4 Å². The van der Waals surface area contributed by atoms with E-state index >= 15 is 0 Å². The van der Waals surface area contributed by atoms with Gasteiger partial charge in [0.15, 0.2) is 0 Å². The van der Waals surface area contributed by atoms with Crippen molar-refractivity contribution >= 4 is 0 Å². The summed E-state index contributed by atoms with van der Waals surface area (Å²) in [4.78, 5) is 0. The Bertz CT molecular complexity index is 232. The second-order valence-electron chi connectivity index (χ2n) is 5.80. The fourth-order valence-corrected chi connectivity index (χ4v) is 2.99. The van der Waals surface area contributed by atoms with Gasteiger partial charge in [-0.2, -0.15) is 0 Å². The molecule has 3 heteroatoms. The van der Waals surface area contributed by atoms with Crippen molar-refractivity contribution in [3.63, 3.8) is 0 Å². The predicted molar refractivity (Wildman–Crippen MR) is 67.0 cm³/mol. The minimum atomic E-state index is -0.0819. The molecule has 2 aliphatic carbocycles. The normalized spacial score (nSPS) is 27.0. The van der Waals surface area contributed by atoms with Gasteiger partial charge in [0, 0.05) is 0 Å². The molecule has 2 unspecified atom stereocenters. The molecule has 0 aliphatic heterocycles. The summed E-state index contributed by atoms with van der Waals surface area (Å²) in [7, 11) is 0. The van der Waals surface area contributed by atoms with Crippen LogP contribution in [-0.2, 0) is 9.47 Å². The number of ether oxygens (including phenoxy) is 2. The summed E-state index contributed by atoms with van der Waals surface area (Å²) in [6, 6.07) is 0. The topological polar surface area (TPSA) is 38.7 Å². The molecule has 0 aromatic carbocycles. The average Bonchev–Trinajstić information content (AvgIpc) is 3.09. The molecule has 2 atom stereocenters. The van der Waals surface area contributed by atoms with E-state index in [1.54, 1.807) is 0 Å². The van der Waals surface area contributed by atoms with Gasteiger partial charge in [-0.05, 0) is 45.4 Å². The number of aliphatic hydroxyl groups is 1. The maximum absolute atomic E-state index is 8.91. The van der Waals surface area contributed by atoms with Crippen LogP contribution in [0.1, 0.15) is 52.4 Å². The number of hydrogen-bond acceptors (Lipinski definition) is 3. The molecule has 0 spiro atoms. The van der Waals surface area contributed by atoms with E-state index in [1.807, 2.05) is 6.92 Å². The Hall–Kier alpha value is -0.120. The Labute approximate surface area is 104 Å². The summed E-state index contributed by atoms with van der Waals surface area (Å²) in [5, 5.41) is 8.91. The number of rotatable bonds is 7. The Morgan fingerprint density at radius 1 is 1.18 bits per heavy atom. The molecule has 0 aromatic rings. The molecule has 3 nitrogen and oxygen atoms in total. The van der Waals surface area contributed by atoms with Gasteiger partial charge in [0.25, 0.3) is 0 Å². The zero-order chi connectivity index (χ0) is 12.3. The SMILES string of the molecule is CC(CO)OCC(C)OC1(C2CC2)CCCC1. The first-order valence-electron chi connectivity index (χ1n) is 7.06. The molecule has 0 bridgehead atoms. The first-order valence-corrected chi connectivity index (χ1v) is 7.06. The Kier molecular flexibility index (Phi) is 4.45. The predicted octanol–water partition coefficient (Wildman–Crippen LogP) is 2.51. The molecule has 0 radical (unpaired) electrons. The molecular weight excluding hydrogens is 216 g/mol. The summed E-state index contributed by atoms with van der Waals surface area (Å²) in [5.41, 5.74) is 0.172. The molecule has 2 rings (SSSR count). The first-order chi connectivity index (χ1) is 8.16. The standard InChI is InChI=1S/C14H26O3/c1-11(9-15)16-10-12(2)17-14(13-5-6-13)7-3-4-8-14/h11-13,15H,3-10H2,1-2H3. The van der Waals surface area contributed by atoms with E-state index in [0.29, 0.717) is 6.61 Å². The highest BCUT2D eigenvalue weighted by Gasteiger charge is 2.48. The van der Waals surface area contributed by atoms with E-state index in [4.69, 9.17) is 14.6 Å². The lowest BCUT2D eigenvalue weighted by Gasteiger charge is -2.33. The van der Waals surface area contributed by atoms with Gasteiger partial charge in [0.1, 0.15) is 0 Å². The molecule has 100 valence electrons. The second kappa shape index (κ2) is 5.68. The van der Waals surface area contributed by atoms with Crippen LogP contribution in [0.3, 0.4) is 0 Å². The lowest BCUT2D eigenvalue weighted by atomic mass is 9.95. The van der Waals surface area contributed by atoms with Gasteiger partial charge in [-0.15, -0.1) is 0 Å². The molecule has 1 N–H and O–H groups in total. The molecular formula is C14H26O3. The van der Waals surface area contributed by atoms with Crippen molar-refractivity contribution in [3.05, 3.63) is 0 Å². The van der Waals surface area contributed by atoms with Crippen molar-refractivity contribution in [2.45, 2.75) is 70.2 Å². The highest BCUT2D eigenvalue weighted by atomic mass is 16.6. The second-order valence-corrected chi connectivity index (χ2v) is 5.80. The third kappa shape index (κ3) is 3.43. The third-order valence-corrected chi connectivity index (χ3v) is 4.08. The fraction of sp³-hybridized carbons (Fsp3) is 1.00. The molecule has 0 heterocycles. The quantitative estimate of drug-likeness (QED) is 0.745. The Morgan fingerprint density at radius 3 is 2.35 bits per heavy atom. The molecule has 0 saturated heterocycles. The summed E-state index contributed by atoms with van der Waals surface area (Å²) >= 11 is 0. The van der Waals surface area contributed by atoms with Crippen molar-refractivity contribution < 1.29 is 14.6 Å². The first kappa shape index (κ1) is 13.3. The zero-order valence-electron chi connectivity index (χ0n) is 11.2. The number of hydrogen-bond donors (Lipinski definition) is 1. The van der Waals surface area contributed by atoms with Gasteiger partial charge in [0.05, 0.1) is 31.0 Å². The van der Waals surface area contributed by atoms with Gasteiger partial charge in [-0.25, -0.2) is 0 Å².